The van der Waals surface area contributed by atoms with E-state index in [1.165, 1.54) is 6.08 Å². The number of amides is 4. The van der Waals surface area contributed by atoms with Crippen LogP contribution in [0.4, 0.5) is 21.0 Å². The molecule has 0 unspecified atom stereocenters. The van der Waals surface area contributed by atoms with Gasteiger partial charge in [-0.1, -0.05) is 73.7 Å². The van der Waals surface area contributed by atoms with Crippen LogP contribution in [0.15, 0.2) is 95.9 Å². The summed E-state index contributed by atoms with van der Waals surface area (Å²) in [7, 11) is -4.48. The average Bonchev–Trinajstić information content (AvgIpc) is 2.79. The van der Waals surface area contributed by atoms with E-state index in [-0.39, 0.29) is 15.6 Å². The maximum absolute atomic E-state index is 13.5. The highest BCUT2D eigenvalue weighted by atomic mass is 32.2. The predicted molar refractivity (Wildman–Crippen MR) is 126 cm³/mol. The molecule has 32 heavy (non-hydrogen) atoms. The van der Waals surface area contributed by atoms with Gasteiger partial charge in [-0.15, -0.1) is 4.31 Å². The molecular formula is C24H23N3O4S. The SMILES string of the molecule is CC/C(=C\c1ccccc1)S(=O)(=O)N(C(=O)Nc1ccccc1)C(=O)Nc1ccccc1. The number of benzene rings is 3. The minimum atomic E-state index is -4.48. The van der Waals surface area contributed by atoms with Gasteiger partial charge in [0.2, 0.25) is 0 Å². The van der Waals surface area contributed by atoms with E-state index < -0.39 is 22.1 Å². The van der Waals surface area contributed by atoms with Crippen LogP contribution in [0.2, 0.25) is 0 Å². The molecule has 164 valence electrons. The molecule has 7 nitrogen and oxygen atoms in total. The summed E-state index contributed by atoms with van der Waals surface area (Å²) in [5.74, 6) is 0. The van der Waals surface area contributed by atoms with Crippen molar-refractivity contribution >= 4 is 39.5 Å². The number of nitrogens with zero attached hydrogens (tertiary/aromatic N) is 1. The van der Waals surface area contributed by atoms with E-state index in [0.717, 1.165) is 0 Å². The highest BCUT2D eigenvalue weighted by molar-refractivity contribution is 7.94. The van der Waals surface area contributed by atoms with E-state index in [9.17, 15) is 18.0 Å². The van der Waals surface area contributed by atoms with E-state index >= 15 is 0 Å². The van der Waals surface area contributed by atoms with E-state index in [0.29, 0.717) is 16.9 Å². The standard InChI is InChI=1S/C24H23N3O4S/c1-2-22(18-19-12-6-3-7-13-19)32(30,31)27(23(28)25-20-14-8-4-9-15-20)24(29)26-21-16-10-5-11-17-21/h3-18H,2H2,1H3,(H,25,28)(H,26,29)/b22-18+. The molecule has 3 rings (SSSR count). The van der Waals surface area contributed by atoms with Crippen molar-refractivity contribution in [2.24, 2.45) is 0 Å². The molecule has 0 aliphatic rings. The van der Waals surface area contributed by atoms with Gasteiger partial charge < -0.3 is 10.6 Å². The lowest BCUT2D eigenvalue weighted by Crippen LogP contribution is -2.46. The largest absolute Gasteiger partial charge is 0.344 e. The molecule has 0 fully saturated rings. The lowest BCUT2D eigenvalue weighted by atomic mass is 10.2. The minimum Gasteiger partial charge on any atom is -0.307 e. The lowest BCUT2D eigenvalue weighted by Gasteiger charge is -2.22. The number of hydrogen-bond acceptors (Lipinski definition) is 4. The molecule has 0 bridgehead atoms. The Balaban J connectivity index is 2.00. The predicted octanol–water partition coefficient (Wildman–Crippen LogP) is 5.53. The summed E-state index contributed by atoms with van der Waals surface area (Å²) in [5.41, 5.74) is 1.35. The minimum absolute atomic E-state index is 0.0740. The number of carbonyl (C=O) groups excluding carboxylic acids is 2. The van der Waals surface area contributed by atoms with Crippen molar-refractivity contribution in [2.45, 2.75) is 13.3 Å². The third-order valence-electron chi connectivity index (χ3n) is 4.47. The van der Waals surface area contributed by atoms with Gasteiger partial charge >= 0.3 is 12.1 Å². The number of allylic oxidation sites excluding steroid dienone is 1. The second kappa shape index (κ2) is 10.4. The Morgan fingerprint density at radius 2 is 1.16 bits per heavy atom. The second-order valence-corrected chi connectivity index (χ2v) is 8.58. The normalized spacial score (nSPS) is 11.5. The fraction of sp³-hybridized carbons (Fsp3) is 0.0833. The topological polar surface area (TPSA) is 95.6 Å². The van der Waals surface area contributed by atoms with Gasteiger partial charge in [-0.3, -0.25) is 0 Å². The van der Waals surface area contributed by atoms with Crippen LogP contribution in [0, 0.1) is 0 Å². The van der Waals surface area contributed by atoms with Crippen LogP contribution in [0.3, 0.4) is 0 Å². The summed E-state index contributed by atoms with van der Waals surface area (Å²) in [6.07, 6.45) is 1.54. The quantitative estimate of drug-likeness (QED) is 0.517. The molecule has 0 heterocycles. The Bertz CT molecular complexity index is 1140. The van der Waals surface area contributed by atoms with Gasteiger partial charge in [0.05, 0.1) is 4.91 Å². The number of hydrogen-bond donors (Lipinski definition) is 2. The third kappa shape index (κ3) is 5.61. The highest BCUT2D eigenvalue weighted by Crippen LogP contribution is 2.23. The van der Waals surface area contributed by atoms with Gasteiger partial charge in [0.15, 0.2) is 0 Å². The summed E-state index contributed by atoms with van der Waals surface area (Å²) in [4.78, 5) is 25.9. The van der Waals surface area contributed by atoms with Crippen molar-refractivity contribution in [3.05, 3.63) is 101 Å². The van der Waals surface area contributed by atoms with Gasteiger partial charge in [0, 0.05) is 11.4 Å². The molecule has 3 aromatic rings. The fourth-order valence-electron chi connectivity index (χ4n) is 2.91. The van der Waals surface area contributed by atoms with Crippen molar-refractivity contribution in [2.75, 3.05) is 10.6 Å². The van der Waals surface area contributed by atoms with Crippen LogP contribution >= 0.6 is 0 Å². The van der Waals surface area contributed by atoms with E-state index in [2.05, 4.69) is 10.6 Å². The van der Waals surface area contributed by atoms with Crippen LogP contribution in [-0.4, -0.2) is 24.8 Å². The van der Waals surface area contributed by atoms with Crippen molar-refractivity contribution in [3.8, 4) is 0 Å². The van der Waals surface area contributed by atoms with Crippen molar-refractivity contribution in [3.63, 3.8) is 0 Å². The van der Waals surface area contributed by atoms with E-state index in [4.69, 9.17) is 0 Å². The number of nitrogens with one attached hydrogen (secondary N) is 2. The number of sulfonamides is 1. The third-order valence-corrected chi connectivity index (χ3v) is 6.35. The van der Waals surface area contributed by atoms with Crippen molar-refractivity contribution < 1.29 is 18.0 Å². The molecule has 3 aromatic carbocycles. The lowest BCUT2D eigenvalue weighted by molar-refractivity contribution is 0.222. The van der Waals surface area contributed by atoms with Crippen LogP contribution in [-0.2, 0) is 10.0 Å². The molecule has 4 amide bonds. The molecule has 0 saturated carbocycles. The Labute approximate surface area is 187 Å². The Morgan fingerprint density at radius 1 is 0.750 bits per heavy atom. The van der Waals surface area contributed by atoms with Gasteiger partial charge in [-0.2, -0.15) is 0 Å². The summed E-state index contributed by atoms with van der Waals surface area (Å²) >= 11 is 0. The number of carbonyl (C=O) groups is 2. The molecule has 0 spiro atoms. The Hall–Kier alpha value is -3.91. The van der Waals surface area contributed by atoms with Crippen molar-refractivity contribution in [1.29, 1.82) is 0 Å². The van der Waals surface area contributed by atoms with Crippen molar-refractivity contribution in [1.82, 2.24) is 4.31 Å². The molecular weight excluding hydrogens is 426 g/mol. The van der Waals surface area contributed by atoms with Gasteiger partial charge in [-0.05, 0) is 42.3 Å². The molecule has 2 N–H and O–H groups in total. The molecule has 8 heteroatoms. The first-order chi connectivity index (χ1) is 15.4. The number of para-hydroxylation sites is 2. The maximum Gasteiger partial charge on any atom is 0.344 e. The first-order valence-electron chi connectivity index (χ1n) is 9.95. The fourth-order valence-corrected chi connectivity index (χ4v) is 4.33. The van der Waals surface area contributed by atoms with Gasteiger partial charge in [0.1, 0.15) is 0 Å². The highest BCUT2D eigenvalue weighted by Gasteiger charge is 2.36. The second-order valence-electron chi connectivity index (χ2n) is 6.74. The molecule has 0 aromatic heterocycles. The van der Waals surface area contributed by atoms with E-state index in [1.807, 2.05) is 6.07 Å². The zero-order valence-corrected chi connectivity index (χ0v) is 18.2. The molecule has 0 aliphatic carbocycles. The number of anilines is 2. The van der Waals surface area contributed by atoms with Crippen LogP contribution in [0.5, 0.6) is 0 Å². The zero-order chi connectivity index (χ0) is 23.0. The molecule has 0 saturated heterocycles. The maximum atomic E-state index is 13.5. The Kier molecular flexibility index (Phi) is 7.41. The van der Waals surface area contributed by atoms with E-state index in [1.54, 1.807) is 91.9 Å². The van der Waals surface area contributed by atoms with Crippen LogP contribution in [0.25, 0.3) is 6.08 Å². The van der Waals surface area contributed by atoms with Gasteiger partial charge in [-0.25, -0.2) is 18.0 Å². The first-order valence-corrected chi connectivity index (χ1v) is 11.4. The summed E-state index contributed by atoms with van der Waals surface area (Å²) in [6, 6.07) is 23.3. The number of rotatable bonds is 6. The summed E-state index contributed by atoms with van der Waals surface area (Å²) in [6.45, 7) is 1.65. The summed E-state index contributed by atoms with van der Waals surface area (Å²) < 4.78 is 27.2. The molecule has 0 radical (unpaired) electrons. The zero-order valence-electron chi connectivity index (χ0n) is 17.4. The number of imide groups is 1. The smallest absolute Gasteiger partial charge is 0.307 e. The average molecular weight is 450 g/mol. The molecule has 0 aliphatic heterocycles. The first kappa shape index (κ1) is 22.8. The van der Waals surface area contributed by atoms with Crippen LogP contribution in [0.1, 0.15) is 18.9 Å². The Morgan fingerprint density at radius 3 is 1.56 bits per heavy atom. The monoisotopic (exact) mass is 449 g/mol. The van der Waals surface area contributed by atoms with Gasteiger partial charge in [0.25, 0.3) is 10.0 Å². The summed E-state index contributed by atoms with van der Waals surface area (Å²) in [5, 5.41) is 4.95. The number of urea groups is 2. The van der Waals surface area contributed by atoms with Crippen LogP contribution < -0.4 is 10.6 Å². The molecule has 0 atom stereocenters.